The Kier molecular flexibility index (Phi) is 7.59. The lowest BCUT2D eigenvalue weighted by molar-refractivity contribution is -0.141. The fourth-order valence-electron chi connectivity index (χ4n) is 1.84. The third-order valence-corrected chi connectivity index (χ3v) is 3.13. The lowest BCUT2D eigenvalue weighted by Crippen LogP contribution is -2.50. The van der Waals surface area contributed by atoms with E-state index in [4.69, 9.17) is 9.84 Å². The van der Waals surface area contributed by atoms with E-state index in [9.17, 15) is 14.4 Å². The van der Waals surface area contributed by atoms with Gasteiger partial charge in [-0.15, -0.1) is 0 Å². The molecule has 0 saturated heterocycles. The van der Waals surface area contributed by atoms with Crippen molar-refractivity contribution in [1.29, 1.82) is 0 Å². The Labute approximate surface area is 135 Å². The molecule has 126 valence electrons. The summed E-state index contributed by atoms with van der Waals surface area (Å²) in [5.41, 5.74) is 0.832. The van der Waals surface area contributed by atoms with Crippen LogP contribution in [0.15, 0.2) is 30.3 Å². The summed E-state index contributed by atoms with van der Waals surface area (Å²) in [6.07, 6.45) is 0.322. The van der Waals surface area contributed by atoms with Gasteiger partial charge in [0.25, 0.3) is 0 Å². The standard InChI is InChI=1S/C16H22N2O5/c1-3-7-13(14(19)17-11(2)15(20)21)18-16(22)23-10-12-8-5-4-6-9-12/h4-6,8-9,11,13H,3,7,10H2,1-2H3,(H,17,19)(H,18,22)(H,20,21)/t11-,13-/m0/s1. The molecule has 0 spiro atoms. The summed E-state index contributed by atoms with van der Waals surface area (Å²) < 4.78 is 5.06. The quantitative estimate of drug-likeness (QED) is 0.675. The van der Waals surface area contributed by atoms with Crippen LogP contribution in [0.2, 0.25) is 0 Å². The first kappa shape index (κ1) is 18.5. The maximum absolute atomic E-state index is 12.0. The zero-order chi connectivity index (χ0) is 17.2. The first-order valence-electron chi connectivity index (χ1n) is 7.44. The predicted octanol–water partition coefficient (Wildman–Crippen LogP) is 1.67. The van der Waals surface area contributed by atoms with Crippen LogP contribution < -0.4 is 10.6 Å². The summed E-state index contributed by atoms with van der Waals surface area (Å²) in [4.78, 5) is 34.6. The smallest absolute Gasteiger partial charge is 0.408 e. The Hall–Kier alpha value is -2.57. The van der Waals surface area contributed by atoms with Crippen LogP contribution in [0.3, 0.4) is 0 Å². The van der Waals surface area contributed by atoms with Crippen LogP contribution >= 0.6 is 0 Å². The van der Waals surface area contributed by atoms with Crippen molar-refractivity contribution in [2.75, 3.05) is 0 Å². The van der Waals surface area contributed by atoms with Crippen LogP contribution in [0.25, 0.3) is 0 Å². The van der Waals surface area contributed by atoms with E-state index >= 15 is 0 Å². The van der Waals surface area contributed by atoms with Gasteiger partial charge >= 0.3 is 12.1 Å². The van der Waals surface area contributed by atoms with Gasteiger partial charge in [-0.2, -0.15) is 0 Å². The topological polar surface area (TPSA) is 105 Å². The molecule has 1 aromatic carbocycles. The number of carboxylic acids is 1. The minimum absolute atomic E-state index is 0.0959. The van der Waals surface area contributed by atoms with Gasteiger partial charge in [0.05, 0.1) is 0 Å². The molecule has 0 unspecified atom stereocenters. The second-order valence-electron chi connectivity index (χ2n) is 5.12. The van der Waals surface area contributed by atoms with Crippen LogP contribution in [0, 0.1) is 0 Å². The second kappa shape index (κ2) is 9.45. The molecule has 0 bridgehead atoms. The number of nitrogens with one attached hydrogen (secondary N) is 2. The van der Waals surface area contributed by atoms with Gasteiger partial charge in [0.15, 0.2) is 0 Å². The summed E-state index contributed by atoms with van der Waals surface area (Å²) in [7, 11) is 0. The van der Waals surface area contributed by atoms with E-state index in [1.54, 1.807) is 0 Å². The molecule has 2 amide bonds. The largest absolute Gasteiger partial charge is 0.480 e. The Morgan fingerprint density at radius 3 is 2.39 bits per heavy atom. The molecule has 0 aliphatic rings. The molecule has 7 heteroatoms. The van der Waals surface area contributed by atoms with Crippen molar-refractivity contribution < 1.29 is 24.2 Å². The first-order chi connectivity index (χ1) is 10.9. The molecule has 0 aliphatic carbocycles. The van der Waals surface area contributed by atoms with Crippen molar-refractivity contribution in [3.8, 4) is 0 Å². The van der Waals surface area contributed by atoms with Gasteiger partial charge in [0, 0.05) is 0 Å². The molecule has 7 nitrogen and oxygen atoms in total. The fraction of sp³-hybridized carbons (Fsp3) is 0.438. The maximum atomic E-state index is 12.0. The number of aliphatic carboxylic acids is 1. The van der Waals surface area contributed by atoms with Crippen molar-refractivity contribution in [3.63, 3.8) is 0 Å². The average Bonchev–Trinajstić information content (AvgIpc) is 2.53. The number of ether oxygens (including phenoxy) is 1. The summed E-state index contributed by atoms with van der Waals surface area (Å²) in [6, 6.07) is 7.30. The van der Waals surface area contributed by atoms with Crippen molar-refractivity contribution in [1.82, 2.24) is 10.6 Å². The molecule has 0 aliphatic heterocycles. The zero-order valence-corrected chi connectivity index (χ0v) is 13.2. The number of carboxylic acid groups (broad SMARTS) is 1. The zero-order valence-electron chi connectivity index (χ0n) is 13.2. The number of amides is 2. The molecule has 0 saturated carbocycles. The molecule has 1 aromatic rings. The van der Waals surface area contributed by atoms with Gasteiger partial charge in [0.2, 0.25) is 5.91 Å². The van der Waals surface area contributed by atoms with E-state index < -0.39 is 30.1 Å². The summed E-state index contributed by atoms with van der Waals surface area (Å²) >= 11 is 0. The number of carbonyl (C=O) groups is 3. The summed E-state index contributed by atoms with van der Waals surface area (Å²) in [6.45, 7) is 3.31. The fourth-order valence-corrected chi connectivity index (χ4v) is 1.84. The number of hydrogen-bond acceptors (Lipinski definition) is 4. The molecular formula is C16H22N2O5. The highest BCUT2D eigenvalue weighted by atomic mass is 16.5. The minimum Gasteiger partial charge on any atom is -0.480 e. The van der Waals surface area contributed by atoms with Gasteiger partial charge in [0.1, 0.15) is 18.7 Å². The Bertz CT molecular complexity index is 533. The van der Waals surface area contributed by atoms with Crippen molar-refractivity contribution in [3.05, 3.63) is 35.9 Å². The molecule has 0 aromatic heterocycles. The average molecular weight is 322 g/mol. The normalized spacial score (nSPS) is 12.8. The lowest BCUT2D eigenvalue weighted by Gasteiger charge is -2.19. The van der Waals surface area contributed by atoms with E-state index in [1.807, 2.05) is 37.3 Å². The number of rotatable bonds is 8. The second-order valence-corrected chi connectivity index (χ2v) is 5.12. The van der Waals surface area contributed by atoms with E-state index in [0.717, 1.165) is 5.56 Å². The minimum atomic E-state index is -1.14. The summed E-state index contributed by atoms with van der Waals surface area (Å²) in [5, 5.41) is 13.6. The third kappa shape index (κ3) is 6.82. The van der Waals surface area contributed by atoms with Crippen LogP contribution in [0.5, 0.6) is 0 Å². The maximum Gasteiger partial charge on any atom is 0.408 e. The van der Waals surface area contributed by atoms with E-state index in [1.165, 1.54) is 6.92 Å². The SMILES string of the molecule is CCC[C@H](NC(=O)OCc1ccccc1)C(=O)N[C@@H](C)C(=O)O. The highest BCUT2D eigenvalue weighted by Gasteiger charge is 2.23. The van der Waals surface area contributed by atoms with Crippen LogP contribution in [-0.2, 0) is 20.9 Å². The Balaban J connectivity index is 2.52. The van der Waals surface area contributed by atoms with E-state index in [0.29, 0.717) is 12.8 Å². The molecule has 0 radical (unpaired) electrons. The van der Waals surface area contributed by atoms with Gasteiger partial charge in [-0.25, -0.2) is 4.79 Å². The highest BCUT2D eigenvalue weighted by molar-refractivity contribution is 5.89. The monoisotopic (exact) mass is 322 g/mol. The molecule has 23 heavy (non-hydrogen) atoms. The molecule has 3 N–H and O–H groups in total. The first-order valence-corrected chi connectivity index (χ1v) is 7.44. The molecule has 2 atom stereocenters. The van der Waals surface area contributed by atoms with Gasteiger partial charge in [-0.05, 0) is 18.9 Å². The Morgan fingerprint density at radius 2 is 1.83 bits per heavy atom. The Morgan fingerprint density at radius 1 is 1.17 bits per heavy atom. The van der Waals surface area contributed by atoms with Crippen LogP contribution in [0.4, 0.5) is 4.79 Å². The van der Waals surface area contributed by atoms with Gasteiger partial charge in [-0.1, -0.05) is 43.7 Å². The predicted molar refractivity (Wildman–Crippen MR) is 83.7 cm³/mol. The molecule has 1 rings (SSSR count). The van der Waals surface area contributed by atoms with Crippen molar-refractivity contribution in [2.45, 2.75) is 45.4 Å². The summed E-state index contributed by atoms with van der Waals surface area (Å²) in [5.74, 6) is -1.68. The van der Waals surface area contributed by atoms with E-state index in [2.05, 4.69) is 10.6 Å². The third-order valence-electron chi connectivity index (χ3n) is 3.13. The number of alkyl carbamates (subject to hydrolysis) is 1. The van der Waals surface area contributed by atoms with Crippen LogP contribution in [0.1, 0.15) is 32.3 Å². The van der Waals surface area contributed by atoms with Gasteiger partial charge < -0.3 is 20.5 Å². The van der Waals surface area contributed by atoms with Crippen molar-refractivity contribution in [2.24, 2.45) is 0 Å². The number of carbonyl (C=O) groups excluding carboxylic acids is 2. The number of benzene rings is 1. The molecule has 0 heterocycles. The van der Waals surface area contributed by atoms with Crippen molar-refractivity contribution >= 4 is 18.0 Å². The van der Waals surface area contributed by atoms with E-state index in [-0.39, 0.29) is 6.61 Å². The number of hydrogen-bond donors (Lipinski definition) is 3. The lowest BCUT2D eigenvalue weighted by atomic mass is 10.1. The highest BCUT2D eigenvalue weighted by Crippen LogP contribution is 2.03. The molecular weight excluding hydrogens is 300 g/mol. The van der Waals surface area contributed by atoms with Crippen LogP contribution in [-0.4, -0.2) is 35.2 Å². The molecule has 0 fully saturated rings. The van der Waals surface area contributed by atoms with Gasteiger partial charge in [-0.3, -0.25) is 9.59 Å².